The molecule has 0 rings (SSSR count). The Morgan fingerprint density at radius 1 is 0.714 bits per heavy atom. The van der Waals surface area contributed by atoms with Gasteiger partial charge in [-0.2, -0.15) is 0 Å². The second-order valence-corrected chi connectivity index (χ2v) is 6.97. The van der Waals surface area contributed by atoms with Gasteiger partial charge in [-0.05, 0) is 35.5 Å². The number of rotatable bonds is 3. The van der Waals surface area contributed by atoms with Crippen molar-refractivity contribution in [2.24, 2.45) is 16.2 Å². The monoisotopic (exact) mass is 198 g/mol. The van der Waals surface area contributed by atoms with E-state index < -0.39 is 0 Å². The molecule has 0 radical (unpaired) electrons. The standard InChI is InChI=1S/C14H30/c1-9-14(10-2,13(6,7)8)11-12(3,4)5/h9-11H2,1-8H3. The lowest BCUT2D eigenvalue weighted by Gasteiger charge is -2.47. The van der Waals surface area contributed by atoms with E-state index in [0.717, 1.165) is 0 Å². The van der Waals surface area contributed by atoms with E-state index >= 15 is 0 Å². The molecular weight excluding hydrogens is 168 g/mol. The van der Waals surface area contributed by atoms with Crippen LogP contribution in [-0.2, 0) is 0 Å². The van der Waals surface area contributed by atoms with E-state index in [1.54, 1.807) is 0 Å². The van der Waals surface area contributed by atoms with E-state index in [9.17, 15) is 0 Å². The highest BCUT2D eigenvalue weighted by Crippen LogP contribution is 2.51. The zero-order valence-corrected chi connectivity index (χ0v) is 11.6. The molecule has 0 aromatic rings. The molecule has 0 atom stereocenters. The van der Waals surface area contributed by atoms with Gasteiger partial charge in [0.15, 0.2) is 0 Å². The first kappa shape index (κ1) is 14.0. The Labute approximate surface area is 91.5 Å². The quantitative estimate of drug-likeness (QED) is 0.579. The van der Waals surface area contributed by atoms with Gasteiger partial charge in [0.25, 0.3) is 0 Å². The molecule has 0 heteroatoms. The lowest BCUT2D eigenvalue weighted by molar-refractivity contribution is 0.0264. The fourth-order valence-electron chi connectivity index (χ4n) is 2.84. The summed E-state index contributed by atoms with van der Waals surface area (Å²) in [6, 6.07) is 0. The molecular formula is C14H30. The maximum Gasteiger partial charge on any atom is -0.0249 e. The molecule has 0 aliphatic carbocycles. The summed E-state index contributed by atoms with van der Waals surface area (Å²) in [4.78, 5) is 0. The second-order valence-electron chi connectivity index (χ2n) is 6.97. The Morgan fingerprint density at radius 2 is 1.07 bits per heavy atom. The normalized spacial score (nSPS) is 14.6. The van der Waals surface area contributed by atoms with Crippen molar-refractivity contribution in [2.45, 2.75) is 74.7 Å². The van der Waals surface area contributed by atoms with E-state index in [4.69, 9.17) is 0 Å². The summed E-state index contributed by atoms with van der Waals surface area (Å²) < 4.78 is 0. The van der Waals surface area contributed by atoms with Gasteiger partial charge in [-0.3, -0.25) is 0 Å². The lowest BCUT2D eigenvalue weighted by atomic mass is 9.58. The highest BCUT2D eigenvalue weighted by Gasteiger charge is 2.41. The largest absolute Gasteiger partial charge is 0.0648 e. The molecule has 0 aromatic carbocycles. The van der Waals surface area contributed by atoms with Crippen LogP contribution in [0.2, 0.25) is 0 Å². The van der Waals surface area contributed by atoms with Gasteiger partial charge in [-0.15, -0.1) is 0 Å². The first-order valence-corrected chi connectivity index (χ1v) is 6.08. The second kappa shape index (κ2) is 4.24. The molecule has 0 fully saturated rings. The zero-order chi connectivity index (χ0) is 11.6. The van der Waals surface area contributed by atoms with Gasteiger partial charge >= 0.3 is 0 Å². The Bertz CT molecular complexity index is 159. The average molecular weight is 198 g/mol. The van der Waals surface area contributed by atoms with Gasteiger partial charge in [0.1, 0.15) is 0 Å². The topological polar surface area (TPSA) is 0 Å². The molecule has 0 spiro atoms. The van der Waals surface area contributed by atoms with Crippen LogP contribution in [0.4, 0.5) is 0 Å². The summed E-state index contributed by atoms with van der Waals surface area (Å²) in [5, 5.41) is 0. The molecule has 0 aliphatic rings. The van der Waals surface area contributed by atoms with Crippen LogP contribution in [-0.4, -0.2) is 0 Å². The summed E-state index contributed by atoms with van der Waals surface area (Å²) >= 11 is 0. The summed E-state index contributed by atoms with van der Waals surface area (Å²) in [5.74, 6) is 0. The molecule has 0 bridgehead atoms. The van der Waals surface area contributed by atoms with Gasteiger partial charge in [-0.25, -0.2) is 0 Å². The Morgan fingerprint density at radius 3 is 1.14 bits per heavy atom. The number of hydrogen-bond donors (Lipinski definition) is 0. The molecule has 14 heavy (non-hydrogen) atoms. The van der Waals surface area contributed by atoms with Crippen LogP contribution in [0, 0.1) is 16.2 Å². The summed E-state index contributed by atoms with van der Waals surface area (Å²) in [5.41, 5.74) is 1.37. The minimum Gasteiger partial charge on any atom is -0.0648 e. The first-order valence-electron chi connectivity index (χ1n) is 6.08. The van der Waals surface area contributed by atoms with Crippen LogP contribution in [0.5, 0.6) is 0 Å². The first-order chi connectivity index (χ1) is 6.08. The predicted octanol–water partition coefficient (Wildman–Crippen LogP) is 5.28. The van der Waals surface area contributed by atoms with Crippen molar-refractivity contribution in [3.8, 4) is 0 Å². The van der Waals surface area contributed by atoms with Crippen molar-refractivity contribution in [3.63, 3.8) is 0 Å². The third-order valence-corrected chi connectivity index (χ3v) is 3.81. The SMILES string of the molecule is CCC(CC)(CC(C)(C)C)C(C)(C)C. The van der Waals surface area contributed by atoms with E-state index in [1.807, 2.05) is 0 Å². The van der Waals surface area contributed by atoms with Crippen LogP contribution in [0.25, 0.3) is 0 Å². The van der Waals surface area contributed by atoms with Gasteiger partial charge in [-0.1, -0.05) is 55.4 Å². The van der Waals surface area contributed by atoms with Gasteiger partial charge in [0.2, 0.25) is 0 Å². The smallest absolute Gasteiger partial charge is 0.0249 e. The van der Waals surface area contributed by atoms with Crippen LogP contribution < -0.4 is 0 Å². The maximum absolute atomic E-state index is 2.39. The van der Waals surface area contributed by atoms with E-state index in [0.29, 0.717) is 16.2 Å². The predicted molar refractivity (Wildman–Crippen MR) is 66.5 cm³/mol. The molecule has 0 aromatic heterocycles. The average Bonchev–Trinajstić information content (AvgIpc) is 1.96. The minimum atomic E-state index is 0.420. The number of hydrogen-bond acceptors (Lipinski definition) is 0. The summed E-state index contributed by atoms with van der Waals surface area (Å²) in [6.45, 7) is 19.0. The third-order valence-electron chi connectivity index (χ3n) is 3.81. The van der Waals surface area contributed by atoms with Gasteiger partial charge in [0.05, 0.1) is 0 Å². The summed E-state index contributed by atoms with van der Waals surface area (Å²) in [6.07, 6.45) is 3.92. The molecule has 0 saturated heterocycles. The lowest BCUT2D eigenvalue weighted by Crippen LogP contribution is -2.38. The molecule has 0 saturated carbocycles. The van der Waals surface area contributed by atoms with Crippen LogP contribution in [0.3, 0.4) is 0 Å². The van der Waals surface area contributed by atoms with Crippen molar-refractivity contribution in [2.75, 3.05) is 0 Å². The van der Waals surface area contributed by atoms with Crippen molar-refractivity contribution >= 4 is 0 Å². The molecule has 0 nitrogen and oxygen atoms in total. The van der Waals surface area contributed by atoms with Crippen LogP contribution >= 0.6 is 0 Å². The van der Waals surface area contributed by atoms with Crippen molar-refractivity contribution < 1.29 is 0 Å². The van der Waals surface area contributed by atoms with E-state index in [2.05, 4.69) is 55.4 Å². The molecule has 0 N–H and O–H groups in total. The van der Waals surface area contributed by atoms with Crippen LogP contribution in [0.1, 0.15) is 74.7 Å². The summed E-state index contributed by atoms with van der Waals surface area (Å²) in [7, 11) is 0. The van der Waals surface area contributed by atoms with E-state index in [-0.39, 0.29) is 0 Å². The molecule has 86 valence electrons. The minimum absolute atomic E-state index is 0.420. The third kappa shape index (κ3) is 3.29. The fourth-order valence-corrected chi connectivity index (χ4v) is 2.84. The Balaban J connectivity index is 4.91. The highest BCUT2D eigenvalue weighted by molar-refractivity contribution is 4.91. The molecule has 0 unspecified atom stereocenters. The molecule has 0 aliphatic heterocycles. The van der Waals surface area contributed by atoms with Crippen molar-refractivity contribution in [1.82, 2.24) is 0 Å². The van der Waals surface area contributed by atoms with Crippen LogP contribution in [0.15, 0.2) is 0 Å². The van der Waals surface area contributed by atoms with Gasteiger partial charge in [0, 0.05) is 0 Å². The fraction of sp³-hybridized carbons (Fsp3) is 1.00. The van der Waals surface area contributed by atoms with E-state index in [1.165, 1.54) is 19.3 Å². The van der Waals surface area contributed by atoms with Gasteiger partial charge < -0.3 is 0 Å². The Hall–Kier alpha value is 0. The molecule has 0 amide bonds. The highest BCUT2D eigenvalue weighted by atomic mass is 14.5. The van der Waals surface area contributed by atoms with Crippen molar-refractivity contribution in [3.05, 3.63) is 0 Å². The maximum atomic E-state index is 2.39. The Kier molecular flexibility index (Phi) is 4.24. The zero-order valence-electron chi connectivity index (χ0n) is 11.6. The molecule has 0 heterocycles. The van der Waals surface area contributed by atoms with Crippen molar-refractivity contribution in [1.29, 1.82) is 0 Å².